The summed E-state index contributed by atoms with van der Waals surface area (Å²) < 4.78 is 4.83. The van der Waals surface area contributed by atoms with Gasteiger partial charge in [-0.15, -0.1) is 0 Å². The molecule has 1 heterocycles. The fourth-order valence-corrected chi connectivity index (χ4v) is 1.23. The topological polar surface area (TPSA) is 90.2 Å². The van der Waals surface area contributed by atoms with Gasteiger partial charge in [0.1, 0.15) is 12.2 Å². The van der Waals surface area contributed by atoms with Crippen molar-refractivity contribution in [1.29, 1.82) is 0 Å². The average molecular weight is 178 g/mol. The Kier molecular flexibility index (Phi) is 3.03. The molecule has 5 atom stereocenters. The van der Waals surface area contributed by atoms with E-state index >= 15 is 0 Å². The molecule has 12 heavy (non-hydrogen) atoms. The van der Waals surface area contributed by atoms with Crippen LogP contribution in [0.15, 0.2) is 0 Å². The van der Waals surface area contributed by atoms with Crippen LogP contribution in [0.2, 0.25) is 0 Å². The first-order valence-corrected chi connectivity index (χ1v) is 3.88. The maximum atomic E-state index is 9.32. The van der Waals surface area contributed by atoms with Crippen molar-refractivity contribution in [2.45, 2.75) is 31.5 Å². The van der Waals surface area contributed by atoms with E-state index in [0.717, 1.165) is 0 Å². The van der Waals surface area contributed by atoms with Gasteiger partial charge in [0.15, 0.2) is 6.29 Å². The highest BCUT2D eigenvalue weighted by atomic mass is 16.6. The van der Waals surface area contributed by atoms with E-state index in [1.807, 2.05) is 0 Å². The maximum absolute atomic E-state index is 9.32. The van der Waals surface area contributed by atoms with Gasteiger partial charge >= 0.3 is 0 Å². The molecule has 0 spiro atoms. The third-order valence-electron chi connectivity index (χ3n) is 2.21. The van der Waals surface area contributed by atoms with Crippen molar-refractivity contribution in [3.63, 3.8) is 0 Å². The fraction of sp³-hybridized carbons (Fsp3) is 1.00. The number of hydrogen-bond acceptors (Lipinski definition) is 5. The third kappa shape index (κ3) is 1.60. The van der Waals surface area contributed by atoms with Crippen molar-refractivity contribution < 1.29 is 25.2 Å². The molecule has 0 amide bonds. The lowest BCUT2D eigenvalue weighted by atomic mass is 9.93. The summed E-state index contributed by atoms with van der Waals surface area (Å²) in [6, 6.07) is 0. The molecule has 0 saturated carbocycles. The summed E-state index contributed by atoms with van der Waals surface area (Å²) in [5.74, 6) is -0.539. The highest BCUT2D eigenvalue weighted by Crippen LogP contribution is 2.23. The molecule has 1 saturated heterocycles. The summed E-state index contributed by atoms with van der Waals surface area (Å²) in [5, 5.41) is 36.4. The Hall–Kier alpha value is -0.200. The molecule has 0 aliphatic carbocycles. The van der Waals surface area contributed by atoms with Crippen LogP contribution in [0.1, 0.15) is 6.92 Å². The number of ether oxygens (including phenoxy) is 1. The van der Waals surface area contributed by atoms with E-state index in [-0.39, 0.29) is 0 Å². The highest BCUT2D eigenvalue weighted by molar-refractivity contribution is 4.86. The van der Waals surface area contributed by atoms with Gasteiger partial charge in [-0.05, 0) is 0 Å². The van der Waals surface area contributed by atoms with Gasteiger partial charge in [-0.1, -0.05) is 6.92 Å². The average Bonchev–Trinajstić information content (AvgIpc) is 2.08. The van der Waals surface area contributed by atoms with Crippen molar-refractivity contribution >= 4 is 0 Å². The molecular weight excluding hydrogens is 164 g/mol. The smallest absolute Gasteiger partial charge is 0.160 e. The lowest BCUT2D eigenvalue weighted by molar-refractivity contribution is -0.266. The monoisotopic (exact) mass is 178 g/mol. The third-order valence-corrected chi connectivity index (χ3v) is 2.21. The zero-order valence-corrected chi connectivity index (χ0v) is 6.79. The Labute approximate surface area is 70.2 Å². The van der Waals surface area contributed by atoms with Crippen LogP contribution in [0, 0.1) is 5.92 Å². The van der Waals surface area contributed by atoms with Crippen molar-refractivity contribution in [1.82, 2.24) is 0 Å². The van der Waals surface area contributed by atoms with Gasteiger partial charge in [0.2, 0.25) is 0 Å². The van der Waals surface area contributed by atoms with Crippen molar-refractivity contribution in [3.05, 3.63) is 0 Å². The summed E-state index contributed by atoms with van der Waals surface area (Å²) in [7, 11) is 0. The first-order chi connectivity index (χ1) is 5.57. The number of rotatable bonds is 1. The van der Waals surface area contributed by atoms with Gasteiger partial charge in [0.25, 0.3) is 0 Å². The van der Waals surface area contributed by atoms with Crippen LogP contribution in [-0.2, 0) is 4.74 Å². The first-order valence-electron chi connectivity index (χ1n) is 3.88. The molecule has 1 rings (SSSR count). The Morgan fingerprint density at radius 1 is 1.17 bits per heavy atom. The molecule has 5 nitrogen and oxygen atoms in total. The molecule has 0 aromatic carbocycles. The summed E-state index contributed by atoms with van der Waals surface area (Å²) in [4.78, 5) is 0. The number of aliphatic hydroxyl groups is 4. The van der Waals surface area contributed by atoms with Crippen LogP contribution in [-0.4, -0.2) is 51.6 Å². The lowest BCUT2D eigenvalue weighted by Crippen LogP contribution is -2.54. The van der Waals surface area contributed by atoms with Gasteiger partial charge in [-0.3, -0.25) is 0 Å². The Morgan fingerprint density at radius 2 is 1.75 bits per heavy atom. The van der Waals surface area contributed by atoms with Gasteiger partial charge < -0.3 is 25.2 Å². The molecule has 0 aromatic heterocycles. The first kappa shape index (κ1) is 9.88. The quantitative estimate of drug-likeness (QED) is 0.375. The summed E-state index contributed by atoms with van der Waals surface area (Å²) in [5.41, 5.74) is 0. The zero-order chi connectivity index (χ0) is 9.30. The van der Waals surface area contributed by atoms with E-state index in [2.05, 4.69) is 0 Å². The van der Waals surface area contributed by atoms with E-state index in [9.17, 15) is 10.2 Å². The van der Waals surface area contributed by atoms with Crippen LogP contribution in [0.4, 0.5) is 0 Å². The Bertz CT molecular complexity index is 146. The molecule has 1 aliphatic rings. The summed E-state index contributed by atoms with van der Waals surface area (Å²) in [6.07, 6.45) is -4.20. The van der Waals surface area contributed by atoms with E-state index in [1.54, 1.807) is 6.92 Å². The van der Waals surface area contributed by atoms with Crippen molar-refractivity contribution in [2.75, 3.05) is 6.61 Å². The highest BCUT2D eigenvalue weighted by Gasteiger charge is 2.40. The minimum atomic E-state index is -1.13. The van der Waals surface area contributed by atoms with Crippen molar-refractivity contribution in [3.8, 4) is 0 Å². The standard InChI is InChI=1S/C7H14O5/c1-3-5(9)6(10)4(2-8)12-7(3)11/h3-11H,2H2,1H3/t3?,4?,5-,6+,7+/m0/s1. The van der Waals surface area contributed by atoms with E-state index < -0.39 is 37.1 Å². The van der Waals surface area contributed by atoms with Gasteiger partial charge in [0.05, 0.1) is 12.7 Å². The second-order valence-electron chi connectivity index (χ2n) is 3.09. The maximum Gasteiger partial charge on any atom is 0.160 e. The Morgan fingerprint density at radius 3 is 2.25 bits per heavy atom. The molecule has 1 fully saturated rings. The zero-order valence-electron chi connectivity index (χ0n) is 6.79. The lowest BCUT2D eigenvalue weighted by Gasteiger charge is -2.38. The molecule has 5 heteroatoms. The second-order valence-corrected chi connectivity index (χ2v) is 3.09. The SMILES string of the molecule is CC1[C@H](O)OC(CO)[C@@H](O)[C@H]1O. The van der Waals surface area contributed by atoms with E-state index in [1.165, 1.54) is 0 Å². The molecular formula is C7H14O5. The summed E-state index contributed by atoms with van der Waals surface area (Å²) in [6.45, 7) is 1.15. The van der Waals surface area contributed by atoms with Crippen molar-refractivity contribution in [2.24, 2.45) is 5.92 Å². The van der Waals surface area contributed by atoms with Crippen LogP contribution in [0.3, 0.4) is 0 Å². The Balaban J connectivity index is 2.63. The number of hydrogen-bond donors (Lipinski definition) is 4. The van der Waals surface area contributed by atoms with Crippen LogP contribution < -0.4 is 0 Å². The predicted octanol–water partition coefficient (Wildman–Crippen LogP) is -1.95. The summed E-state index contributed by atoms with van der Waals surface area (Å²) >= 11 is 0. The molecule has 2 unspecified atom stereocenters. The predicted molar refractivity (Wildman–Crippen MR) is 39.1 cm³/mol. The minimum Gasteiger partial charge on any atom is -0.394 e. The van der Waals surface area contributed by atoms with E-state index in [0.29, 0.717) is 0 Å². The molecule has 0 aromatic rings. The van der Waals surface area contributed by atoms with E-state index in [4.69, 9.17) is 14.9 Å². The number of aliphatic hydroxyl groups excluding tert-OH is 4. The minimum absolute atomic E-state index is 0.415. The molecule has 0 bridgehead atoms. The molecule has 1 aliphatic heterocycles. The van der Waals surface area contributed by atoms with Crippen LogP contribution >= 0.6 is 0 Å². The van der Waals surface area contributed by atoms with Crippen LogP contribution in [0.25, 0.3) is 0 Å². The molecule has 0 radical (unpaired) electrons. The second kappa shape index (κ2) is 3.68. The molecule has 4 N–H and O–H groups in total. The fourth-order valence-electron chi connectivity index (χ4n) is 1.23. The van der Waals surface area contributed by atoms with Crippen LogP contribution in [0.5, 0.6) is 0 Å². The molecule has 72 valence electrons. The van der Waals surface area contributed by atoms with Gasteiger partial charge in [-0.2, -0.15) is 0 Å². The largest absolute Gasteiger partial charge is 0.394 e. The normalized spacial score (nSPS) is 49.2. The van der Waals surface area contributed by atoms with Gasteiger partial charge in [-0.25, -0.2) is 0 Å². The van der Waals surface area contributed by atoms with Gasteiger partial charge in [0, 0.05) is 5.92 Å².